The van der Waals surface area contributed by atoms with Crippen LogP contribution in [0.2, 0.25) is 0 Å². The zero-order valence-electron chi connectivity index (χ0n) is 15.3. The van der Waals surface area contributed by atoms with Crippen molar-refractivity contribution in [2.24, 2.45) is 0 Å². The van der Waals surface area contributed by atoms with Gasteiger partial charge in [-0.3, -0.25) is 0 Å². The van der Waals surface area contributed by atoms with Crippen molar-refractivity contribution in [2.75, 3.05) is 0 Å². The van der Waals surface area contributed by atoms with Gasteiger partial charge in [0.15, 0.2) is 0 Å². The van der Waals surface area contributed by atoms with E-state index in [0.717, 1.165) is 4.47 Å². The molecule has 4 aromatic rings. The van der Waals surface area contributed by atoms with Crippen LogP contribution in [0.15, 0.2) is 82.6 Å². The predicted molar refractivity (Wildman–Crippen MR) is 119 cm³/mol. The molecule has 0 bridgehead atoms. The van der Waals surface area contributed by atoms with Crippen LogP contribution >= 0.6 is 27.3 Å². The van der Waals surface area contributed by atoms with Gasteiger partial charge in [0.05, 0.1) is 5.41 Å². The molecular weight excluding hydrogens is 412 g/mol. The van der Waals surface area contributed by atoms with Gasteiger partial charge in [-0.05, 0) is 65.2 Å². The molecule has 0 spiro atoms. The fraction of sp³-hybridized carbons (Fsp3) is 0.120. The molecule has 0 amide bonds. The number of aryl methyl sites for hydroxylation is 2. The number of hydrogen-bond acceptors (Lipinski definition) is 1. The summed E-state index contributed by atoms with van der Waals surface area (Å²) in [6, 6.07) is 27.1. The van der Waals surface area contributed by atoms with Crippen LogP contribution in [0, 0.1) is 13.8 Å². The van der Waals surface area contributed by atoms with Crippen LogP contribution in [-0.2, 0) is 5.41 Å². The Morgan fingerprint density at radius 3 is 1.89 bits per heavy atom. The third-order valence-corrected chi connectivity index (χ3v) is 7.11. The van der Waals surface area contributed by atoms with E-state index in [1.165, 1.54) is 43.8 Å². The van der Waals surface area contributed by atoms with Gasteiger partial charge < -0.3 is 0 Å². The van der Waals surface area contributed by atoms with Crippen molar-refractivity contribution in [3.8, 4) is 10.4 Å². The van der Waals surface area contributed by atoms with Crippen LogP contribution in [0.4, 0.5) is 0 Å². The van der Waals surface area contributed by atoms with Crippen LogP contribution in [0.1, 0.15) is 33.4 Å². The Kier molecular flexibility index (Phi) is 3.89. The van der Waals surface area contributed by atoms with E-state index in [1.54, 1.807) is 0 Å². The first-order chi connectivity index (χ1) is 13.1. The molecule has 2 heteroatoms. The highest BCUT2D eigenvalue weighted by atomic mass is 79.9. The van der Waals surface area contributed by atoms with Crippen LogP contribution in [0.5, 0.6) is 0 Å². The van der Waals surface area contributed by atoms with Gasteiger partial charge in [0.25, 0.3) is 0 Å². The van der Waals surface area contributed by atoms with E-state index in [-0.39, 0.29) is 5.41 Å². The third-order valence-electron chi connectivity index (χ3n) is 5.67. The zero-order valence-corrected chi connectivity index (χ0v) is 17.7. The smallest absolute Gasteiger partial charge is 0.0722 e. The van der Waals surface area contributed by atoms with Gasteiger partial charge in [-0.15, -0.1) is 11.3 Å². The summed E-state index contributed by atoms with van der Waals surface area (Å²) in [5.41, 5.74) is 9.08. The lowest BCUT2D eigenvalue weighted by molar-refractivity contribution is 0.769. The lowest BCUT2D eigenvalue weighted by Gasteiger charge is -2.33. The topological polar surface area (TPSA) is 0 Å². The quantitative estimate of drug-likeness (QED) is 0.272. The van der Waals surface area contributed by atoms with Crippen LogP contribution < -0.4 is 0 Å². The molecule has 132 valence electrons. The average Bonchev–Trinajstić information content (AvgIpc) is 3.24. The summed E-state index contributed by atoms with van der Waals surface area (Å²) < 4.78 is 1.13. The Morgan fingerprint density at radius 2 is 1.30 bits per heavy atom. The SMILES string of the molecule is Cc1ccc(C2(c3ccc(C)cc3)c3cc(Br)ccc3-c3sccc32)cc1. The largest absolute Gasteiger partial charge is 0.143 e. The molecule has 0 nitrogen and oxygen atoms in total. The molecule has 0 saturated heterocycles. The van der Waals surface area contributed by atoms with Crippen molar-refractivity contribution < 1.29 is 0 Å². The molecule has 0 aliphatic heterocycles. The Balaban J connectivity index is 1.94. The summed E-state index contributed by atoms with van der Waals surface area (Å²) in [7, 11) is 0. The monoisotopic (exact) mass is 430 g/mol. The van der Waals surface area contributed by atoms with Crippen molar-refractivity contribution in [3.63, 3.8) is 0 Å². The van der Waals surface area contributed by atoms with Crippen LogP contribution in [0.25, 0.3) is 10.4 Å². The van der Waals surface area contributed by atoms with Gasteiger partial charge >= 0.3 is 0 Å². The highest BCUT2D eigenvalue weighted by molar-refractivity contribution is 9.10. The minimum atomic E-state index is -0.268. The van der Waals surface area contributed by atoms with E-state index >= 15 is 0 Å². The van der Waals surface area contributed by atoms with Gasteiger partial charge in [-0.25, -0.2) is 0 Å². The van der Waals surface area contributed by atoms with Gasteiger partial charge in [0.2, 0.25) is 0 Å². The molecule has 1 heterocycles. The maximum Gasteiger partial charge on any atom is 0.0722 e. The lowest BCUT2D eigenvalue weighted by Crippen LogP contribution is -2.28. The molecular formula is C25H19BrS. The summed E-state index contributed by atoms with van der Waals surface area (Å²) in [6.07, 6.45) is 0. The summed E-state index contributed by atoms with van der Waals surface area (Å²) in [5, 5.41) is 2.23. The van der Waals surface area contributed by atoms with E-state index < -0.39 is 0 Å². The minimum absolute atomic E-state index is 0.268. The maximum absolute atomic E-state index is 3.72. The summed E-state index contributed by atoms with van der Waals surface area (Å²) in [5.74, 6) is 0. The van der Waals surface area contributed by atoms with E-state index in [1.807, 2.05) is 11.3 Å². The molecule has 1 aliphatic rings. The summed E-state index contributed by atoms with van der Waals surface area (Å²) >= 11 is 5.56. The molecule has 1 aliphatic carbocycles. The Hall–Kier alpha value is -2.16. The van der Waals surface area contributed by atoms with E-state index in [4.69, 9.17) is 0 Å². The van der Waals surface area contributed by atoms with Gasteiger partial charge in [0.1, 0.15) is 0 Å². The summed E-state index contributed by atoms with van der Waals surface area (Å²) in [6.45, 7) is 4.30. The van der Waals surface area contributed by atoms with Crippen molar-refractivity contribution in [2.45, 2.75) is 19.3 Å². The van der Waals surface area contributed by atoms with Gasteiger partial charge in [-0.2, -0.15) is 0 Å². The molecule has 0 radical (unpaired) electrons. The van der Waals surface area contributed by atoms with Crippen molar-refractivity contribution in [3.05, 3.63) is 116 Å². The highest BCUT2D eigenvalue weighted by Crippen LogP contribution is 2.58. The molecule has 1 aromatic heterocycles. The van der Waals surface area contributed by atoms with Crippen LogP contribution in [0.3, 0.4) is 0 Å². The second-order valence-corrected chi connectivity index (χ2v) is 9.17. The highest BCUT2D eigenvalue weighted by Gasteiger charge is 2.46. The molecule has 0 atom stereocenters. The number of fused-ring (bicyclic) bond motifs is 3. The fourth-order valence-electron chi connectivity index (χ4n) is 4.38. The van der Waals surface area contributed by atoms with E-state index in [9.17, 15) is 0 Å². The fourth-order valence-corrected chi connectivity index (χ4v) is 5.73. The zero-order chi connectivity index (χ0) is 18.6. The molecule has 27 heavy (non-hydrogen) atoms. The first-order valence-electron chi connectivity index (χ1n) is 9.13. The number of benzene rings is 3. The van der Waals surface area contributed by atoms with E-state index in [0.29, 0.717) is 0 Å². The van der Waals surface area contributed by atoms with Crippen molar-refractivity contribution in [1.82, 2.24) is 0 Å². The molecule has 0 fully saturated rings. The van der Waals surface area contributed by atoms with E-state index in [2.05, 4.69) is 108 Å². The second kappa shape index (κ2) is 6.19. The Morgan fingerprint density at radius 1 is 0.704 bits per heavy atom. The Labute approximate surface area is 172 Å². The molecule has 3 aromatic carbocycles. The van der Waals surface area contributed by atoms with Gasteiger partial charge in [-0.1, -0.05) is 81.7 Å². The maximum atomic E-state index is 3.72. The number of thiophene rings is 1. The second-order valence-electron chi connectivity index (χ2n) is 7.34. The third kappa shape index (κ3) is 2.40. The minimum Gasteiger partial charge on any atom is -0.143 e. The number of halogens is 1. The first kappa shape index (κ1) is 17.0. The van der Waals surface area contributed by atoms with Crippen LogP contribution in [-0.4, -0.2) is 0 Å². The van der Waals surface area contributed by atoms with Gasteiger partial charge in [0, 0.05) is 9.35 Å². The first-order valence-corrected chi connectivity index (χ1v) is 10.8. The average molecular weight is 431 g/mol. The normalized spacial score (nSPS) is 14.0. The van der Waals surface area contributed by atoms with Crippen molar-refractivity contribution in [1.29, 1.82) is 0 Å². The molecule has 5 rings (SSSR count). The standard InChI is InChI=1S/C25H19BrS/c1-16-3-7-18(8-4-16)25(19-9-5-17(2)6-10-19)22-13-14-27-24(22)21-12-11-20(26)15-23(21)25/h3-15H,1-2H3. The Bertz CT molecular complexity index is 1090. The molecule has 0 N–H and O–H groups in total. The lowest BCUT2D eigenvalue weighted by atomic mass is 9.68. The predicted octanol–water partition coefficient (Wildman–Crippen LogP) is 7.49. The molecule has 0 saturated carbocycles. The molecule has 0 unspecified atom stereocenters. The number of hydrogen-bond donors (Lipinski definition) is 0. The summed E-state index contributed by atoms with van der Waals surface area (Å²) in [4.78, 5) is 1.39. The number of rotatable bonds is 2. The van der Waals surface area contributed by atoms with Crippen molar-refractivity contribution >= 4 is 27.3 Å².